The first-order chi connectivity index (χ1) is 20.6. The fourth-order valence-corrected chi connectivity index (χ4v) is 4.67. The van der Waals surface area contributed by atoms with Crippen LogP contribution in [0.2, 0.25) is 0 Å². The number of quaternary nitrogens is 1. The highest BCUT2D eigenvalue weighted by Gasteiger charge is 2.25. The van der Waals surface area contributed by atoms with Crippen LogP contribution in [0.1, 0.15) is 129 Å². The van der Waals surface area contributed by atoms with Crippen molar-refractivity contribution in [2.45, 2.75) is 142 Å². The van der Waals surface area contributed by atoms with Crippen molar-refractivity contribution in [3.8, 4) is 0 Å². The molecule has 8 heteroatoms. The van der Waals surface area contributed by atoms with Crippen LogP contribution in [0.5, 0.6) is 0 Å². The van der Waals surface area contributed by atoms with Crippen LogP contribution in [0.4, 0.5) is 0 Å². The number of ether oxygens (including phenoxy) is 3. The van der Waals surface area contributed by atoms with Crippen LogP contribution in [0, 0.1) is 0 Å². The average molecular weight is 610 g/mol. The molecule has 0 fully saturated rings. The number of allylic oxidation sites excluding steroid dienone is 4. The summed E-state index contributed by atoms with van der Waals surface area (Å²) in [4.78, 5) is 35.4. The standard InChI is InChI=1S/C35H63NO7/c1-6-8-9-10-11-12-13-14-15-16-17-18-19-20-21-22-23-24-25-26-34(38)43-31(30-42-33(37)7-2)29-41-28-27-32(35(39)40)36(3,4)5/h11-12,14-15,31-32H,6-10,13,16-30H2,1-5H3/b12-11-,15-14-. The van der Waals surface area contributed by atoms with E-state index < -0.39 is 18.1 Å². The molecular formula is C35H63NO7. The lowest BCUT2D eigenvalue weighted by atomic mass is 10.1. The monoisotopic (exact) mass is 609 g/mol. The molecule has 43 heavy (non-hydrogen) atoms. The van der Waals surface area contributed by atoms with Crippen molar-refractivity contribution in [2.24, 2.45) is 0 Å². The van der Waals surface area contributed by atoms with Gasteiger partial charge >= 0.3 is 11.9 Å². The van der Waals surface area contributed by atoms with Gasteiger partial charge in [-0.2, -0.15) is 0 Å². The Labute approximate surface area is 262 Å². The Balaban J connectivity index is 3.99. The number of carbonyl (C=O) groups excluding carboxylic acids is 3. The number of esters is 2. The van der Waals surface area contributed by atoms with Crippen molar-refractivity contribution in [1.82, 2.24) is 0 Å². The zero-order chi connectivity index (χ0) is 32.2. The maximum atomic E-state index is 12.4. The first kappa shape index (κ1) is 40.8. The van der Waals surface area contributed by atoms with Gasteiger partial charge in [0.1, 0.15) is 12.6 Å². The van der Waals surface area contributed by atoms with Gasteiger partial charge in [-0.25, -0.2) is 0 Å². The van der Waals surface area contributed by atoms with Gasteiger partial charge in [-0.05, 0) is 38.5 Å². The second kappa shape index (κ2) is 27.4. The van der Waals surface area contributed by atoms with Gasteiger partial charge in [0.05, 0.1) is 40.3 Å². The smallest absolute Gasteiger partial charge is 0.306 e. The van der Waals surface area contributed by atoms with Crippen molar-refractivity contribution in [1.29, 1.82) is 0 Å². The van der Waals surface area contributed by atoms with Crippen molar-refractivity contribution >= 4 is 17.9 Å². The van der Waals surface area contributed by atoms with E-state index in [4.69, 9.17) is 14.2 Å². The minimum absolute atomic E-state index is 0.0342. The number of unbranched alkanes of at least 4 members (excludes halogenated alkanes) is 12. The molecule has 0 aliphatic rings. The second-order valence-electron chi connectivity index (χ2n) is 12.4. The van der Waals surface area contributed by atoms with Gasteiger partial charge in [0.15, 0.2) is 6.10 Å². The van der Waals surface area contributed by atoms with Crippen molar-refractivity contribution < 1.29 is 38.2 Å². The molecule has 0 N–H and O–H groups in total. The number of nitrogens with zero attached hydrogens (tertiary/aromatic N) is 1. The molecular weight excluding hydrogens is 546 g/mol. The predicted molar refractivity (Wildman–Crippen MR) is 171 cm³/mol. The normalized spacial score (nSPS) is 13.4. The number of likely N-dealkylation sites (N-methyl/N-ethyl adjacent to an activating group) is 1. The molecule has 0 saturated carbocycles. The molecule has 2 atom stereocenters. The fraction of sp³-hybridized carbons (Fsp3) is 0.800. The summed E-state index contributed by atoms with van der Waals surface area (Å²) in [6.07, 6.45) is 27.0. The fourth-order valence-electron chi connectivity index (χ4n) is 4.67. The third kappa shape index (κ3) is 26.0. The molecule has 0 aromatic carbocycles. The summed E-state index contributed by atoms with van der Waals surface area (Å²) in [5.74, 6) is -1.85. The number of carboxylic acid groups (broad SMARTS) is 1. The first-order valence-electron chi connectivity index (χ1n) is 16.9. The van der Waals surface area contributed by atoms with Crippen LogP contribution in [-0.2, 0) is 28.6 Å². The Kier molecular flexibility index (Phi) is 26.0. The average Bonchev–Trinajstić information content (AvgIpc) is 2.95. The Morgan fingerprint density at radius 3 is 1.81 bits per heavy atom. The summed E-state index contributed by atoms with van der Waals surface area (Å²) < 4.78 is 16.5. The van der Waals surface area contributed by atoms with Crippen LogP contribution in [0.25, 0.3) is 0 Å². The molecule has 0 aliphatic carbocycles. The van der Waals surface area contributed by atoms with E-state index in [9.17, 15) is 19.5 Å². The van der Waals surface area contributed by atoms with E-state index in [-0.39, 0.29) is 49.1 Å². The lowest BCUT2D eigenvalue weighted by Gasteiger charge is -2.34. The first-order valence-corrected chi connectivity index (χ1v) is 16.9. The highest BCUT2D eigenvalue weighted by atomic mass is 16.6. The van der Waals surface area contributed by atoms with Crippen molar-refractivity contribution in [3.05, 3.63) is 24.3 Å². The molecule has 2 unspecified atom stereocenters. The molecule has 8 nitrogen and oxygen atoms in total. The molecule has 0 radical (unpaired) electrons. The summed E-state index contributed by atoms with van der Waals surface area (Å²) in [7, 11) is 5.35. The lowest BCUT2D eigenvalue weighted by Crippen LogP contribution is -2.55. The molecule has 0 amide bonds. The largest absolute Gasteiger partial charge is 0.544 e. The molecule has 0 aromatic heterocycles. The van der Waals surface area contributed by atoms with E-state index >= 15 is 0 Å². The van der Waals surface area contributed by atoms with E-state index in [2.05, 4.69) is 31.2 Å². The highest BCUT2D eigenvalue weighted by Crippen LogP contribution is 2.13. The molecule has 0 heterocycles. The van der Waals surface area contributed by atoms with Crippen LogP contribution in [0.3, 0.4) is 0 Å². The Hall–Kier alpha value is -2.19. The predicted octanol–water partition coefficient (Wildman–Crippen LogP) is 6.46. The van der Waals surface area contributed by atoms with E-state index in [1.54, 1.807) is 28.1 Å². The van der Waals surface area contributed by atoms with E-state index in [1.807, 2.05) is 0 Å². The molecule has 0 aromatic rings. The third-order valence-electron chi connectivity index (χ3n) is 7.40. The second-order valence-corrected chi connectivity index (χ2v) is 12.4. The molecule has 0 rings (SSSR count). The van der Waals surface area contributed by atoms with Gasteiger partial charge in [-0.15, -0.1) is 0 Å². The minimum Gasteiger partial charge on any atom is -0.544 e. The van der Waals surface area contributed by atoms with E-state index in [0.717, 1.165) is 25.7 Å². The van der Waals surface area contributed by atoms with Gasteiger partial charge in [-0.1, -0.05) is 95.9 Å². The third-order valence-corrected chi connectivity index (χ3v) is 7.40. The van der Waals surface area contributed by atoms with Gasteiger partial charge in [0.25, 0.3) is 0 Å². The molecule has 0 aliphatic heterocycles. The molecule has 0 spiro atoms. The Morgan fingerprint density at radius 2 is 1.28 bits per heavy atom. The Bertz CT molecular complexity index is 773. The maximum Gasteiger partial charge on any atom is 0.306 e. The van der Waals surface area contributed by atoms with Crippen LogP contribution >= 0.6 is 0 Å². The van der Waals surface area contributed by atoms with Crippen LogP contribution in [-0.4, -0.2) is 75.5 Å². The quantitative estimate of drug-likeness (QED) is 0.0415. The summed E-state index contributed by atoms with van der Waals surface area (Å²) in [5, 5.41) is 11.4. The lowest BCUT2D eigenvalue weighted by molar-refractivity contribution is -0.889. The Morgan fingerprint density at radius 1 is 0.721 bits per heavy atom. The van der Waals surface area contributed by atoms with Crippen LogP contribution in [0.15, 0.2) is 24.3 Å². The van der Waals surface area contributed by atoms with Crippen molar-refractivity contribution in [3.63, 3.8) is 0 Å². The van der Waals surface area contributed by atoms with Gasteiger partial charge in [0.2, 0.25) is 0 Å². The number of carbonyl (C=O) groups is 3. The van der Waals surface area contributed by atoms with E-state index in [0.29, 0.717) is 6.42 Å². The molecule has 250 valence electrons. The van der Waals surface area contributed by atoms with Gasteiger partial charge in [-0.3, -0.25) is 9.59 Å². The molecule has 0 saturated heterocycles. The van der Waals surface area contributed by atoms with Gasteiger partial charge in [0, 0.05) is 19.3 Å². The number of aliphatic carboxylic acids is 1. The summed E-state index contributed by atoms with van der Waals surface area (Å²) in [6, 6.07) is -0.719. The minimum atomic E-state index is -1.13. The topological polar surface area (TPSA) is 102 Å². The molecule has 0 bridgehead atoms. The number of rotatable bonds is 29. The number of hydrogen-bond donors (Lipinski definition) is 0. The highest BCUT2D eigenvalue weighted by molar-refractivity contribution is 5.70. The number of carboxylic acids is 1. The summed E-state index contributed by atoms with van der Waals surface area (Å²) in [6.45, 7) is 4.05. The van der Waals surface area contributed by atoms with Gasteiger partial charge < -0.3 is 28.6 Å². The van der Waals surface area contributed by atoms with Crippen molar-refractivity contribution in [2.75, 3.05) is 41.0 Å². The zero-order valence-corrected chi connectivity index (χ0v) is 28.1. The SMILES string of the molecule is CCCCC/C=C\C/C=C\CCCCCCCCCCCC(=O)OC(COCCC(C(=O)[O-])[N+](C)(C)C)COC(=O)CC. The summed E-state index contributed by atoms with van der Waals surface area (Å²) >= 11 is 0. The zero-order valence-electron chi connectivity index (χ0n) is 28.1. The van der Waals surface area contributed by atoms with E-state index in [1.165, 1.54) is 70.6 Å². The van der Waals surface area contributed by atoms with Crippen LogP contribution < -0.4 is 5.11 Å². The number of hydrogen-bond acceptors (Lipinski definition) is 7. The maximum absolute atomic E-state index is 12.4. The summed E-state index contributed by atoms with van der Waals surface area (Å²) in [5.41, 5.74) is 0.